The van der Waals surface area contributed by atoms with Crippen LogP contribution in [-0.2, 0) is 10.2 Å². The molecule has 0 spiro atoms. The lowest BCUT2D eigenvalue weighted by atomic mass is 9.64. The number of aliphatic imine (C=N–C) groups is 1. The molecule has 0 aromatic heterocycles. The summed E-state index contributed by atoms with van der Waals surface area (Å²) in [6.45, 7) is 6.93. The van der Waals surface area contributed by atoms with Gasteiger partial charge in [-0.3, -0.25) is 9.79 Å². The molecule has 1 aromatic rings. The molecule has 0 saturated heterocycles. The van der Waals surface area contributed by atoms with Gasteiger partial charge < -0.3 is 16.0 Å². The van der Waals surface area contributed by atoms with E-state index in [-0.39, 0.29) is 23.4 Å². The summed E-state index contributed by atoms with van der Waals surface area (Å²) in [5, 5.41) is 9.42. The molecule has 138 valence electrons. The van der Waals surface area contributed by atoms with E-state index < -0.39 is 0 Å². The van der Waals surface area contributed by atoms with Crippen LogP contribution in [0.25, 0.3) is 0 Å². The van der Waals surface area contributed by atoms with Gasteiger partial charge in [0.2, 0.25) is 5.91 Å². The van der Waals surface area contributed by atoms with Crippen LogP contribution in [0.2, 0.25) is 0 Å². The fourth-order valence-corrected chi connectivity index (χ4v) is 3.34. The lowest BCUT2D eigenvalue weighted by Crippen LogP contribution is -2.51. The van der Waals surface area contributed by atoms with Gasteiger partial charge in [-0.25, -0.2) is 0 Å². The monoisotopic (exact) mass is 408 g/mol. The first-order valence-corrected chi connectivity index (χ1v) is 9.55. The molecule has 2 rings (SSSR count). The first-order chi connectivity index (χ1) is 11.7. The van der Waals surface area contributed by atoms with Crippen molar-refractivity contribution in [3.63, 3.8) is 0 Å². The quantitative estimate of drug-likeness (QED) is 0.518. The Kier molecular flexibility index (Phi) is 6.49. The van der Waals surface area contributed by atoms with Crippen molar-refractivity contribution < 1.29 is 4.79 Å². The minimum atomic E-state index is -0.229. The topological polar surface area (TPSA) is 65.5 Å². The fourth-order valence-electron chi connectivity index (χ4n) is 3.07. The molecule has 1 aliphatic carbocycles. The second-order valence-electron chi connectivity index (χ2n) is 7.72. The third-order valence-corrected chi connectivity index (χ3v) is 5.04. The zero-order chi connectivity index (χ0) is 18.5. The molecule has 0 aliphatic heterocycles. The number of nitrogens with zero attached hydrogens (tertiary/aromatic N) is 1. The molecule has 3 N–H and O–H groups in total. The van der Waals surface area contributed by atoms with Crippen molar-refractivity contribution in [2.75, 3.05) is 20.1 Å². The summed E-state index contributed by atoms with van der Waals surface area (Å²) in [6, 6.07) is 8.58. The van der Waals surface area contributed by atoms with Crippen molar-refractivity contribution >= 4 is 27.8 Å². The number of carbonyl (C=O) groups is 1. The molecule has 0 radical (unpaired) electrons. The minimum absolute atomic E-state index is 0.0401. The standard InChI is InChI=1S/C19H29BrN4O/c1-18(2,3)24-16(25)12-22-17(21-4)23-13-19(10-5-11-19)14-6-8-15(20)9-7-14/h6-9H,5,10-13H2,1-4H3,(H,24,25)(H2,21,22,23). The molecular formula is C19H29BrN4O. The van der Waals surface area contributed by atoms with Crippen LogP contribution >= 0.6 is 15.9 Å². The zero-order valence-electron chi connectivity index (χ0n) is 15.6. The Morgan fingerprint density at radius 3 is 2.32 bits per heavy atom. The Bertz CT molecular complexity index is 615. The van der Waals surface area contributed by atoms with Gasteiger partial charge >= 0.3 is 0 Å². The number of hydrogen-bond donors (Lipinski definition) is 3. The molecule has 1 saturated carbocycles. The van der Waals surface area contributed by atoms with Gasteiger partial charge in [0.05, 0.1) is 6.54 Å². The number of nitrogens with one attached hydrogen (secondary N) is 3. The lowest BCUT2D eigenvalue weighted by Gasteiger charge is -2.43. The molecule has 1 fully saturated rings. The van der Waals surface area contributed by atoms with E-state index >= 15 is 0 Å². The van der Waals surface area contributed by atoms with E-state index in [1.807, 2.05) is 20.8 Å². The van der Waals surface area contributed by atoms with E-state index in [9.17, 15) is 4.79 Å². The Morgan fingerprint density at radius 1 is 1.20 bits per heavy atom. The molecular weight excluding hydrogens is 380 g/mol. The highest BCUT2D eigenvalue weighted by Crippen LogP contribution is 2.43. The van der Waals surface area contributed by atoms with Crippen molar-refractivity contribution in [3.8, 4) is 0 Å². The maximum Gasteiger partial charge on any atom is 0.239 e. The molecule has 0 heterocycles. The van der Waals surface area contributed by atoms with Crippen LogP contribution in [0.15, 0.2) is 33.7 Å². The first kappa shape index (κ1) is 19.8. The van der Waals surface area contributed by atoms with Crippen LogP contribution in [0.1, 0.15) is 45.6 Å². The normalized spacial score (nSPS) is 16.8. The predicted molar refractivity (Wildman–Crippen MR) is 107 cm³/mol. The van der Waals surface area contributed by atoms with Crippen LogP contribution in [-0.4, -0.2) is 37.5 Å². The number of hydrogen-bond acceptors (Lipinski definition) is 2. The highest BCUT2D eigenvalue weighted by Gasteiger charge is 2.38. The second kappa shape index (κ2) is 8.21. The van der Waals surface area contributed by atoms with Crippen molar-refractivity contribution in [2.45, 2.75) is 51.0 Å². The van der Waals surface area contributed by atoms with Gasteiger partial charge in [0.15, 0.2) is 5.96 Å². The number of halogens is 1. The highest BCUT2D eigenvalue weighted by molar-refractivity contribution is 9.10. The number of amides is 1. The minimum Gasteiger partial charge on any atom is -0.356 e. The van der Waals surface area contributed by atoms with Gasteiger partial charge in [-0.05, 0) is 51.3 Å². The van der Waals surface area contributed by atoms with Gasteiger partial charge in [-0.2, -0.15) is 0 Å². The summed E-state index contributed by atoms with van der Waals surface area (Å²) < 4.78 is 1.10. The summed E-state index contributed by atoms with van der Waals surface area (Å²) in [5.41, 5.74) is 1.29. The second-order valence-corrected chi connectivity index (χ2v) is 8.63. The van der Waals surface area contributed by atoms with E-state index in [0.29, 0.717) is 5.96 Å². The lowest BCUT2D eigenvalue weighted by molar-refractivity contribution is -0.121. The third-order valence-electron chi connectivity index (χ3n) is 4.52. The number of benzene rings is 1. The average molecular weight is 409 g/mol. The Labute approximate surface area is 159 Å². The molecule has 1 amide bonds. The summed E-state index contributed by atoms with van der Waals surface area (Å²) in [7, 11) is 1.73. The fraction of sp³-hybridized carbons (Fsp3) is 0.579. The maximum atomic E-state index is 11.9. The van der Waals surface area contributed by atoms with E-state index in [1.54, 1.807) is 7.05 Å². The van der Waals surface area contributed by atoms with Gasteiger partial charge in [-0.15, -0.1) is 0 Å². The highest BCUT2D eigenvalue weighted by atomic mass is 79.9. The summed E-state index contributed by atoms with van der Waals surface area (Å²) in [4.78, 5) is 16.2. The van der Waals surface area contributed by atoms with Gasteiger partial charge in [0.1, 0.15) is 0 Å². The van der Waals surface area contributed by atoms with E-state index in [1.165, 1.54) is 24.8 Å². The average Bonchev–Trinajstić information content (AvgIpc) is 2.49. The summed E-state index contributed by atoms with van der Waals surface area (Å²) in [6.07, 6.45) is 3.59. The van der Waals surface area contributed by atoms with Crippen LogP contribution in [0.5, 0.6) is 0 Å². The molecule has 1 aliphatic rings. The molecule has 25 heavy (non-hydrogen) atoms. The Balaban J connectivity index is 1.89. The molecule has 5 nitrogen and oxygen atoms in total. The number of carbonyl (C=O) groups excluding carboxylic acids is 1. The number of guanidine groups is 1. The Hall–Kier alpha value is -1.56. The molecule has 0 unspecified atom stereocenters. The summed E-state index contributed by atoms with van der Waals surface area (Å²) in [5.74, 6) is 0.620. The van der Waals surface area contributed by atoms with Crippen molar-refractivity contribution in [1.82, 2.24) is 16.0 Å². The number of rotatable bonds is 5. The van der Waals surface area contributed by atoms with E-state index in [0.717, 1.165) is 11.0 Å². The SMILES string of the molecule is CN=C(NCC(=O)NC(C)(C)C)NCC1(c2ccc(Br)cc2)CCC1. The van der Waals surface area contributed by atoms with E-state index in [4.69, 9.17) is 0 Å². The third kappa shape index (κ3) is 5.73. The Morgan fingerprint density at radius 2 is 1.84 bits per heavy atom. The maximum absolute atomic E-state index is 11.9. The first-order valence-electron chi connectivity index (χ1n) is 8.76. The van der Waals surface area contributed by atoms with Crippen molar-refractivity contribution in [3.05, 3.63) is 34.3 Å². The molecule has 6 heteroatoms. The van der Waals surface area contributed by atoms with Crippen LogP contribution < -0.4 is 16.0 Å². The van der Waals surface area contributed by atoms with Crippen LogP contribution in [0, 0.1) is 0 Å². The molecule has 0 atom stereocenters. The zero-order valence-corrected chi connectivity index (χ0v) is 17.2. The van der Waals surface area contributed by atoms with Crippen molar-refractivity contribution in [1.29, 1.82) is 0 Å². The molecule has 0 bridgehead atoms. The van der Waals surface area contributed by atoms with E-state index in [2.05, 4.69) is 61.1 Å². The largest absolute Gasteiger partial charge is 0.356 e. The van der Waals surface area contributed by atoms with Gasteiger partial charge in [0, 0.05) is 29.0 Å². The van der Waals surface area contributed by atoms with Gasteiger partial charge in [-0.1, -0.05) is 34.5 Å². The predicted octanol–water partition coefficient (Wildman–Crippen LogP) is 2.95. The molecule has 1 aromatic carbocycles. The summed E-state index contributed by atoms with van der Waals surface area (Å²) >= 11 is 3.50. The van der Waals surface area contributed by atoms with Crippen LogP contribution in [0.4, 0.5) is 0 Å². The van der Waals surface area contributed by atoms with Gasteiger partial charge in [0.25, 0.3) is 0 Å². The van der Waals surface area contributed by atoms with Crippen LogP contribution in [0.3, 0.4) is 0 Å². The smallest absolute Gasteiger partial charge is 0.239 e. The van der Waals surface area contributed by atoms with Crippen molar-refractivity contribution in [2.24, 2.45) is 4.99 Å².